The first-order valence-electron chi connectivity index (χ1n) is 8.47. The van der Waals surface area contributed by atoms with Crippen LogP contribution in [-0.2, 0) is 24.7 Å². The molecule has 27 heavy (non-hydrogen) atoms. The van der Waals surface area contributed by atoms with Crippen molar-refractivity contribution in [3.63, 3.8) is 0 Å². The molecule has 0 aromatic heterocycles. The van der Waals surface area contributed by atoms with Gasteiger partial charge in [0.05, 0.1) is 0 Å². The first kappa shape index (κ1) is 21.0. The Morgan fingerprint density at radius 1 is 0.667 bits per heavy atom. The first-order chi connectivity index (χ1) is 13.0. The topological polar surface area (TPSA) is 18.5 Å². The molecule has 0 aliphatic carbocycles. The molecule has 0 N–H and O–H groups in total. The van der Waals surface area contributed by atoms with E-state index in [1.807, 2.05) is 54.6 Å². The van der Waals surface area contributed by atoms with E-state index in [0.29, 0.717) is 0 Å². The fourth-order valence-corrected chi connectivity index (χ4v) is 13.4. The van der Waals surface area contributed by atoms with E-state index in [9.17, 15) is 0 Å². The summed E-state index contributed by atoms with van der Waals surface area (Å²) in [5.74, 6) is 0. The van der Waals surface area contributed by atoms with Crippen LogP contribution < -0.4 is 15.6 Å². The fourth-order valence-electron chi connectivity index (χ4n) is 3.06. The zero-order chi connectivity index (χ0) is 19.2. The minimum absolute atomic E-state index is 0.0422. The van der Waals surface area contributed by atoms with Crippen LogP contribution in [0.15, 0.2) is 91.0 Å². The van der Waals surface area contributed by atoms with Crippen molar-refractivity contribution in [2.24, 2.45) is 0 Å². The molecule has 0 heterocycles. The van der Waals surface area contributed by atoms with Crippen molar-refractivity contribution in [2.75, 3.05) is 6.61 Å². The van der Waals surface area contributed by atoms with E-state index < -0.39 is 30.0 Å². The van der Waals surface area contributed by atoms with Gasteiger partial charge >= 0.3 is 185 Å². The second kappa shape index (κ2) is 9.67. The third-order valence-electron chi connectivity index (χ3n) is 4.17. The maximum atomic E-state index is 6.71. The summed E-state index contributed by atoms with van der Waals surface area (Å²) in [7, 11) is -2.69. The Labute approximate surface area is 183 Å². The molecule has 0 saturated heterocycles. The average Bonchev–Trinajstić information content (AvgIpc) is 2.70. The molecule has 0 aliphatic rings. The van der Waals surface area contributed by atoms with Crippen LogP contribution >= 0.6 is 34.8 Å². The van der Waals surface area contributed by atoms with Crippen molar-refractivity contribution in [3.05, 3.63) is 91.0 Å². The summed E-state index contributed by atoms with van der Waals surface area (Å²) in [4.78, 5) is 0. The minimum atomic E-state index is -2.69. The van der Waals surface area contributed by atoms with Gasteiger partial charge in [-0.3, -0.25) is 0 Å². The van der Waals surface area contributed by atoms with Gasteiger partial charge in [0.1, 0.15) is 0 Å². The van der Waals surface area contributed by atoms with Crippen molar-refractivity contribution in [3.8, 4) is 0 Å². The van der Waals surface area contributed by atoms with Crippen LogP contribution in [-0.4, -0.2) is 18.7 Å². The Hall–Kier alpha value is -0.710. The van der Waals surface area contributed by atoms with Crippen LogP contribution in [0.1, 0.15) is 0 Å². The van der Waals surface area contributed by atoms with Crippen LogP contribution in [0.25, 0.3) is 0 Å². The number of alkyl halides is 3. The van der Waals surface area contributed by atoms with Gasteiger partial charge in [0.25, 0.3) is 0 Å². The second-order valence-corrected chi connectivity index (χ2v) is 15.1. The van der Waals surface area contributed by atoms with Gasteiger partial charge in [0.15, 0.2) is 0 Å². The summed E-state index contributed by atoms with van der Waals surface area (Å²) >= 11 is 15.6. The van der Waals surface area contributed by atoms with Crippen LogP contribution in [0.3, 0.4) is 0 Å². The summed E-state index contributed by atoms with van der Waals surface area (Å²) in [6.07, 6.45) is 0. The van der Waals surface area contributed by atoms with Crippen molar-refractivity contribution in [1.29, 1.82) is 0 Å². The van der Waals surface area contributed by atoms with Gasteiger partial charge in [-0.2, -0.15) is 0 Å². The molecule has 0 fully saturated rings. The van der Waals surface area contributed by atoms with Gasteiger partial charge in [-0.15, -0.1) is 0 Å². The predicted octanol–water partition coefficient (Wildman–Crippen LogP) is 3.97. The summed E-state index contributed by atoms with van der Waals surface area (Å²) < 4.78 is 11.0. The molecular formula is C20H17Cl3O2SiZn. The average molecular weight is 489 g/mol. The van der Waals surface area contributed by atoms with Gasteiger partial charge in [0, 0.05) is 0 Å². The van der Waals surface area contributed by atoms with E-state index in [2.05, 4.69) is 36.4 Å². The van der Waals surface area contributed by atoms with Crippen LogP contribution in [0.2, 0.25) is 0 Å². The molecule has 0 amide bonds. The predicted molar refractivity (Wildman–Crippen MR) is 111 cm³/mol. The monoisotopic (exact) mass is 486 g/mol. The Morgan fingerprint density at radius 2 is 1.04 bits per heavy atom. The molecule has 0 spiro atoms. The molecule has 0 unspecified atom stereocenters. The van der Waals surface area contributed by atoms with Gasteiger partial charge in [-0.25, -0.2) is 0 Å². The molecule has 7 heteroatoms. The number of hydrogen-bond donors (Lipinski definition) is 0. The number of hydrogen-bond acceptors (Lipinski definition) is 2. The fraction of sp³-hybridized carbons (Fsp3) is 0.100. The Balaban J connectivity index is 2.06. The number of rotatable bonds is 7. The first-order valence-corrected chi connectivity index (χ1v) is 13.9. The molecule has 0 saturated carbocycles. The van der Waals surface area contributed by atoms with E-state index in [0.717, 1.165) is 0 Å². The van der Waals surface area contributed by atoms with Gasteiger partial charge < -0.3 is 0 Å². The molecule has 3 aromatic carbocycles. The number of halogens is 3. The summed E-state index contributed by atoms with van der Waals surface area (Å²) in [5.41, 5.74) is 0. The van der Waals surface area contributed by atoms with E-state index in [1.165, 1.54) is 15.6 Å². The third kappa shape index (κ3) is 5.42. The quantitative estimate of drug-likeness (QED) is 0.217. The molecule has 0 atom stereocenters. The van der Waals surface area contributed by atoms with E-state index in [1.54, 1.807) is 0 Å². The van der Waals surface area contributed by atoms with E-state index in [-0.39, 0.29) is 6.61 Å². The van der Waals surface area contributed by atoms with Gasteiger partial charge in [-0.05, 0) is 0 Å². The van der Waals surface area contributed by atoms with Crippen molar-refractivity contribution in [2.45, 2.75) is 3.79 Å². The maximum absolute atomic E-state index is 6.71. The SMILES string of the molecule is ClC(Cl)(Cl)C[O][Zn][O][Si](c1ccccc1)(c1ccccc1)c1ccccc1. The molecular weight excluding hydrogens is 472 g/mol. The van der Waals surface area contributed by atoms with Crippen LogP contribution in [0.5, 0.6) is 0 Å². The second-order valence-electron chi connectivity index (χ2n) is 6.01. The molecule has 3 rings (SSSR count). The summed E-state index contributed by atoms with van der Waals surface area (Å²) in [6.45, 7) is 0.0422. The van der Waals surface area contributed by atoms with Crippen molar-refractivity contribution >= 4 is 58.7 Å². The van der Waals surface area contributed by atoms with Crippen LogP contribution in [0.4, 0.5) is 0 Å². The third-order valence-corrected chi connectivity index (χ3v) is 12.7. The molecule has 0 radical (unpaired) electrons. The molecule has 2 nitrogen and oxygen atoms in total. The summed E-state index contributed by atoms with van der Waals surface area (Å²) in [6, 6.07) is 31.1. The van der Waals surface area contributed by atoms with Crippen molar-refractivity contribution < 1.29 is 24.7 Å². The Bertz CT molecular complexity index is 733. The molecule has 136 valence electrons. The summed E-state index contributed by atoms with van der Waals surface area (Å²) in [5, 5.41) is 3.52. The Morgan fingerprint density at radius 3 is 1.37 bits per heavy atom. The van der Waals surface area contributed by atoms with Gasteiger partial charge in [0.2, 0.25) is 0 Å². The zero-order valence-corrected chi connectivity index (χ0v) is 20.8. The normalized spacial score (nSPS) is 11.8. The number of benzene rings is 3. The van der Waals surface area contributed by atoms with E-state index >= 15 is 0 Å². The van der Waals surface area contributed by atoms with E-state index in [4.69, 9.17) is 41.6 Å². The standard InChI is InChI=1S/C18H15OSi.C2H2Cl3O.Zn/c19-20(16-10-4-1-5-11-16,17-12-6-2-7-13-17)18-14-8-3-9-15-18;3-2(4,5)1-6;/h1-15H;1H2;/q2*-1;+2. The molecule has 0 aliphatic heterocycles. The zero-order valence-electron chi connectivity index (χ0n) is 14.5. The van der Waals surface area contributed by atoms with Crippen LogP contribution in [0, 0.1) is 0 Å². The Kier molecular flexibility index (Phi) is 7.52. The van der Waals surface area contributed by atoms with Gasteiger partial charge in [-0.1, -0.05) is 0 Å². The molecule has 3 aromatic rings. The van der Waals surface area contributed by atoms with Crippen molar-refractivity contribution in [1.82, 2.24) is 0 Å². The molecule has 0 bridgehead atoms.